The van der Waals surface area contributed by atoms with Gasteiger partial charge in [0.2, 0.25) is 11.5 Å². The lowest BCUT2D eigenvalue weighted by Crippen LogP contribution is -2.48. The molecule has 2 aromatic heterocycles. The highest BCUT2D eigenvalue weighted by atomic mass is 19.4. The highest BCUT2D eigenvalue weighted by molar-refractivity contribution is 5.78. The number of nitrogens with zero attached hydrogens (tertiary/aromatic N) is 4. The smallest absolute Gasteiger partial charge is 0.374 e. The molecule has 0 fully saturated rings. The number of aryl methyl sites for hydroxylation is 1. The van der Waals surface area contributed by atoms with Crippen molar-refractivity contribution in [1.82, 2.24) is 24.4 Å². The van der Waals surface area contributed by atoms with E-state index in [0.29, 0.717) is 11.3 Å². The van der Waals surface area contributed by atoms with E-state index in [1.165, 1.54) is 20.3 Å². The van der Waals surface area contributed by atoms with Crippen LogP contribution in [0.25, 0.3) is 11.0 Å². The average molecular weight is 381 g/mol. The van der Waals surface area contributed by atoms with Gasteiger partial charge in [0.1, 0.15) is 5.82 Å². The second-order valence-electron chi connectivity index (χ2n) is 6.35. The summed E-state index contributed by atoms with van der Waals surface area (Å²) in [5, 5.41) is 10.3. The summed E-state index contributed by atoms with van der Waals surface area (Å²) in [5.74, 6) is -1.10. The van der Waals surface area contributed by atoms with Crippen LogP contribution in [0.5, 0.6) is 0 Å². The second kappa shape index (κ2) is 6.69. The summed E-state index contributed by atoms with van der Waals surface area (Å²) in [5.41, 5.74) is -1.94. The van der Waals surface area contributed by atoms with Crippen LogP contribution in [-0.4, -0.2) is 48.7 Å². The maximum absolute atomic E-state index is 13.5. The van der Waals surface area contributed by atoms with Crippen molar-refractivity contribution in [2.45, 2.75) is 24.7 Å². The van der Waals surface area contributed by atoms with Gasteiger partial charge in [0.05, 0.1) is 24.0 Å². The minimum atomic E-state index is -5.07. The first-order valence-electron chi connectivity index (χ1n) is 8.06. The van der Waals surface area contributed by atoms with Crippen LogP contribution in [-0.2, 0) is 24.0 Å². The highest BCUT2D eigenvalue weighted by Gasteiger charge is 2.58. The van der Waals surface area contributed by atoms with Gasteiger partial charge >= 0.3 is 6.18 Å². The number of carbonyl (C=O) groups excluding carboxylic acids is 1. The molecule has 1 amide bonds. The zero-order chi connectivity index (χ0) is 19.8. The van der Waals surface area contributed by atoms with Crippen LogP contribution >= 0.6 is 0 Å². The number of aromatic nitrogens is 4. The van der Waals surface area contributed by atoms with Crippen molar-refractivity contribution in [3.8, 4) is 0 Å². The van der Waals surface area contributed by atoms with Crippen molar-refractivity contribution < 1.29 is 23.1 Å². The zero-order valence-corrected chi connectivity index (χ0v) is 14.7. The van der Waals surface area contributed by atoms with E-state index in [-0.39, 0.29) is 6.54 Å². The van der Waals surface area contributed by atoms with E-state index in [9.17, 15) is 23.1 Å². The number of aromatic amines is 1. The van der Waals surface area contributed by atoms with Gasteiger partial charge in [-0.3, -0.25) is 4.79 Å². The molecule has 2 heterocycles. The molecule has 2 N–H and O–H groups in total. The predicted octanol–water partition coefficient (Wildman–Crippen LogP) is 2.09. The number of hydrogen-bond acceptors (Lipinski definition) is 4. The second-order valence-corrected chi connectivity index (χ2v) is 6.35. The Balaban J connectivity index is 1.80. The Kier molecular flexibility index (Phi) is 4.68. The van der Waals surface area contributed by atoms with Gasteiger partial charge < -0.3 is 19.6 Å². The van der Waals surface area contributed by atoms with Gasteiger partial charge in [-0.05, 0) is 12.1 Å². The number of amides is 1. The molecule has 0 saturated carbocycles. The van der Waals surface area contributed by atoms with Crippen LogP contribution in [0.2, 0.25) is 0 Å². The van der Waals surface area contributed by atoms with E-state index < -0.39 is 29.9 Å². The number of benzene rings is 1. The monoisotopic (exact) mass is 381 g/mol. The molecular weight excluding hydrogens is 363 g/mol. The quantitative estimate of drug-likeness (QED) is 0.709. The largest absolute Gasteiger partial charge is 0.425 e. The van der Waals surface area contributed by atoms with Crippen molar-refractivity contribution in [2.24, 2.45) is 7.05 Å². The van der Waals surface area contributed by atoms with Crippen LogP contribution < -0.4 is 0 Å². The molecule has 0 spiro atoms. The standard InChI is InChI=1S/C17H18F3N5O2/c1-24-8-7-21-15(24)16(27,17(18,19)20)9-14(26)25(2)10-13-22-11-5-3-4-6-12(11)23-13/h3-8,27H,9-10H2,1-2H3,(H,22,23). The minimum Gasteiger partial charge on any atom is -0.374 e. The molecule has 0 aliphatic heterocycles. The van der Waals surface area contributed by atoms with E-state index >= 15 is 0 Å². The zero-order valence-electron chi connectivity index (χ0n) is 14.7. The molecule has 144 valence electrons. The van der Waals surface area contributed by atoms with Crippen molar-refractivity contribution in [3.63, 3.8) is 0 Å². The lowest BCUT2D eigenvalue weighted by atomic mass is 9.97. The van der Waals surface area contributed by atoms with Crippen molar-refractivity contribution in [3.05, 3.63) is 48.3 Å². The molecule has 3 aromatic rings. The summed E-state index contributed by atoms with van der Waals surface area (Å²) in [7, 11) is 2.67. The summed E-state index contributed by atoms with van der Waals surface area (Å²) in [6, 6.07) is 7.20. The minimum absolute atomic E-state index is 0.0258. The Labute approximate surface area is 152 Å². The van der Waals surface area contributed by atoms with Crippen LogP contribution in [0.15, 0.2) is 36.7 Å². The van der Waals surface area contributed by atoms with Gasteiger partial charge in [-0.25, -0.2) is 9.97 Å². The third-order valence-electron chi connectivity index (χ3n) is 4.32. The Morgan fingerprint density at radius 1 is 1.33 bits per heavy atom. The number of H-pyrrole nitrogens is 1. The third-order valence-corrected chi connectivity index (χ3v) is 4.32. The Hall–Kier alpha value is -2.88. The molecule has 27 heavy (non-hydrogen) atoms. The summed E-state index contributed by atoms with van der Waals surface area (Å²) in [4.78, 5) is 24.4. The summed E-state index contributed by atoms with van der Waals surface area (Å²) >= 11 is 0. The lowest BCUT2D eigenvalue weighted by Gasteiger charge is -2.30. The Morgan fingerprint density at radius 3 is 2.63 bits per heavy atom. The van der Waals surface area contributed by atoms with Gasteiger partial charge in [-0.1, -0.05) is 12.1 Å². The van der Waals surface area contributed by atoms with Crippen molar-refractivity contribution in [1.29, 1.82) is 0 Å². The van der Waals surface area contributed by atoms with Gasteiger partial charge in [-0.2, -0.15) is 13.2 Å². The first-order valence-corrected chi connectivity index (χ1v) is 8.06. The van der Waals surface area contributed by atoms with Crippen molar-refractivity contribution >= 4 is 16.9 Å². The Morgan fingerprint density at radius 2 is 2.04 bits per heavy atom. The van der Waals surface area contributed by atoms with Crippen LogP contribution in [0.1, 0.15) is 18.1 Å². The molecule has 3 rings (SSSR count). The first-order chi connectivity index (χ1) is 12.6. The van der Waals surface area contributed by atoms with Gasteiger partial charge in [0.15, 0.2) is 5.82 Å². The molecular formula is C17H18F3N5O2. The number of para-hydroxylation sites is 2. The van der Waals surface area contributed by atoms with E-state index in [1.54, 1.807) is 18.2 Å². The van der Waals surface area contributed by atoms with E-state index in [0.717, 1.165) is 21.2 Å². The van der Waals surface area contributed by atoms with Gasteiger partial charge in [0.25, 0.3) is 0 Å². The van der Waals surface area contributed by atoms with E-state index in [2.05, 4.69) is 15.0 Å². The molecule has 10 heteroatoms. The van der Waals surface area contributed by atoms with E-state index in [1.807, 2.05) is 6.07 Å². The number of aliphatic hydroxyl groups is 1. The lowest BCUT2D eigenvalue weighted by molar-refractivity contribution is -0.271. The van der Waals surface area contributed by atoms with Gasteiger partial charge in [-0.15, -0.1) is 0 Å². The fraction of sp³-hybridized carbons (Fsp3) is 0.353. The number of hydrogen-bond donors (Lipinski definition) is 2. The first kappa shape index (κ1) is 18.9. The maximum Gasteiger partial charge on any atom is 0.425 e. The topological polar surface area (TPSA) is 87.0 Å². The number of imidazole rings is 2. The highest BCUT2D eigenvalue weighted by Crippen LogP contribution is 2.41. The normalized spacial score (nSPS) is 14.3. The molecule has 0 aliphatic rings. The van der Waals surface area contributed by atoms with Gasteiger partial charge in [0, 0.05) is 26.5 Å². The number of alkyl halides is 3. The van der Waals surface area contributed by atoms with Crippen LogP contribution in [0.4, 0.5) is 13.2 Å². The molecule has 0 bridgehead atoms. The molecule has 0 saturated heterocycles. The summed E-state index contributed by atoms with van der Waals surface area (Å²) in [6.45, 7) is -0.0258. The fourth-order valence-electron chi connectivity index (χ4n) is 2.82. The number of carbonyl (C=O) groups is 1. The fourth-order valence-corrected chi connectivity index (χ4v) is 2.82. The molecule has 0 aliphatic carbocycles. The number of fused-ring (bicyclic) bond motifs is 1. The molecule has 0 radical (unpaired) electrons. The maximum atomic E-state index is 13.5. The van der Waals surface area contributed by atoms with Crippen molar-refractivity contribution in [2.75, 3.05) is 7.05 Å². The Bertz CT molecular complexity index is 932. The molecule has 1 unspecified atom stereocenters. The summed E-state index contributed by atoms with van der Waals surface area (Å²) in [6.07, 6.45) is -3.84. The van der Waals surface area contributed by atoms with Crippen LogP contribution in [0, 0.1) is 0 Å². The molecule has 1 atom stereocenters. The predicted molar refractivity (Wildman–Crippen MR) is 90.3 cm³/mol. The third kappa shape index (κ3) is 3.52. The molecule has 7 nitrogen and oxygen atoms in total. The van der Waals surface area contributed by atoms with Crippen LogP contribution in [0.3, 0.4) is 0 Å². The average Bonchev–Trinajstić information content (AvgIpc) is 3.18. The number of rotatable bonds is 5. The SMILES string of the molecule is CN(Cc1nc2ccccc2[nH]1)C(=O)CC(O)(c1nccn1C)C(F)(F)F. The number of nitrogens with one attached hydrogen (secondary N) is 1. The number of halogens is 3. The summed E-state index contributed by atoms with van der Waals surface area (Å²) < 4.78 is 41.7. The van der Waals surface area contributed by atoms with E-state index in [4.69, 9.17) is 0 Å². The molecule has 1 aromatic carbocycles.